The van der Waals surface area contributed by atoms with E-state index in [4.69, 9.17) is 16.0 Å². The van der Waals surface area contributed by atoms with Crippen LogP contribution in [0.5, 0.6) is 0 Å². The zero-order valence-electron chi connectivity index (χ0n) is 12.2. The second-order valence-corrected chi connectivity index (χ2v) is 5.75. The molecule has 0 bridgehead atoms. The van der Waals surface area contributed by atoms with Gasteiger partial charge in [-0.2, -0.15) is 0 Å². The van der Waals surface area contributed by atoms with Crippen molar-refractivity contribution in [3.05, 3.63) is 70.9 Å². The topological polar surface area (TPSA) is 42.2 Å². The molecule has 0 aliphatic rings. The Morgan fingerprint density at radius 2 is 1.95 bits per heavy atom. The fourth-order valence-electron chi connectivity index (χ4n) is 2.36. The number of hydrogen-bond donors (Lipinski definition) is 1. The first-order valence-electron chi connectivity index (χ1n) is 7.16. The molecule has 3 rings (SSSR count). The van der Waals surface area contributed by atoms with Crippen LogP contribution >= 0.6 is 11.6 Å². The molecule has 1 unspecified atom stereocenters. The SMILES string of the molecule is CC(CNC(=O)c1cc2cc(Cl)ccc2o1)c1ccccc1. The van der Waals surface area contributed by atoms with Crippen LogP contribution in [0.1, 0.15) is 29.0 Å². The second-order valence-electron chi connectivity index (χ2n) is 5.31. The van der Waals surface area contributed by atoms with Gasteiger partial charge in [0, 0.05) is 17.0 Å². The average molecular weight is 314 g/mol. The van der Waals surface area contributed by atoms with E-state index in [2.05, 4.69) is 24.4 Å². The summed E-state index contributed by atoms with van der Waals surface area (Å²) in [6.07, 6.45) is 0. The van der Waals surface area contributed by atoms with Crippen LogP contribution in [0, 0.1) is 0 Å². The Labute approximate surface area is 133 Å². The van der Waals surface area contributed by atoms with E-state index in [1.54, 1.807) is 24.3 Å². The molecule has 1 aromatic heterocycles. The molecule has 0 radical (unpaired) electrons. The van der Waals surface area contributed by atoms with Crippen LogP contribution in [-0.4, -0.2) is 12.5 Å². The maximum absolute atomic E-state index is 12.2. The Morgan fingerprint density at radius 1 is 1.18 bits per heavy atom. The lowest BCUT2D eigenvalue weighted by molar-refractivity contribution is 0.0926. The molecule has 0 saturated carbocycles. The maximum Gasteiger partial charge on any atom is 0.287 e. The smallest absolute Gasteiger partial charge is 0.287 e. The summed E-state index contributed by atoms with van der Waals surface area (Å²) in [5, 5.41) is 4.36. The van der Waals surface area contributed by atoms with Crippen molar-refractivity contribution in [2.75, 3.05) is 6.54 Å². The number of halogens is 1. The molecule has 3 aromatic rings. The Morgan fingerprint density at radius 3 is 2.73 bits per heavy atom. The van der Waals surface area contributed by atoms with Gasteiger partial charge in [-0.25, -0.2) is 0 Å². The molecule has 0 aliphatic carbocycles. The van der Waals surface area contributed by atoms with Gasteiger partial charge in [-0.05, 0) is 35.7 Å². The van der Waals surface area contributed by atoms with Crippen LogP contribution < -0.4 is 5.32 Å². The highest BCUT2D eigenvalue weighted by Crippen LogP contribution is 2.23. The third-order valence-electron chi connectivity index (χ3n) is 3.64. The summed E-state index contributed by atoms with van der Waals surface area (Å²) < 4.78 is 5.55. The zero-order chi connectivity index (χ0) is 15.5. The first-order valence-corrected chi connectivity index (χ1v) is 7.53. The molecular weight excluding hydrogens is 298 g/mol. The first-order chi connectivity index (χ1) is 10.6. The van der Waals surface area contributed by atoms with Crippen LogP contribution in [-0.2, 0) is 0 Å². The lowest BCUT2D eigenvalue weighted by Crippen LogP contribution is -2.27. The van der Waals surface area contributed by atoms with Gasteiger partial charge in [0.1, 0.15) is 5.58 Å². The minimum Gasteiger partial charge on any atom is -0.451 e. The van der Waals surface area contributed by atoms with Crippen molar-refractivity contribution in [1.29, 1.82) is 0 Å². The molecule has 1 amide bonds. The molecular formula is C18H16ClNO2. The fraction of sp³-hybridized carbons (Fsp3) is 0.167. The number of carbonyl (C=O) groups excluding carboxylic acids is 1. The van der Waals surface area contributed by atoms with Crippen LogP contribution in [0.2, 0.25) is 5.02 Å². The molecule has 4 heteroatoms. The molecule has 1 atom stereocenters. The predicted molar refractivity (Wildman–Crippen MR) is 88.4 cm³/mol. The molecule has 112 valence electrons. The Balaban J connectivity index is 1.68. The highest BCUT2D eigenvalue weighted by Gasteiger charge is 2.14. The van der Waals surface area contributed by atoms with E-state index in [1.165, 1.54) is 5.56 Å². The van der Waals surface area contributed by atoms with Gasteiger partial charge in [-0.15, -0.1) is 0 Å². The van der Waals surface area contributed by atoms with Gasteiger partial charge in [-0.1, -0.05) is 48.9 Å². The van der Waals surface area contributed by atoms with Crippen LogP contribution in [0.25, 0.3) is 11.0 Å². The maximum atomic E-state index is 12.2. The zero-order valence-corrected chi connectivity index (χ0v) is 12.9. The summed E-state index contributed by atoms with van der Waals surface area (Å²) in [6, 6.07) is 17.1. The van der Waals surface area contributed by atoms with Crippen molar-refractivity contribution in [1.82, 2.24) is 5.32 Å². The highest BCUT2D eigenvalue weighted by molar-refractivity contribution is 6.31. The van der Waals surface area contributed by atoms with E-state index in [1.807, 2.05) is 18.2 Å². The van der Waals surface area contributed by atoms with Gasteiger partial charge >= 0.3 is 0 Å². The number of benzene rings is 2. The van der Waals surface area contributed by atoms with Crippen molar-refractivity contribution in [2.24, 2.45) is 0 Å². The number of fused-ring (bicyclic) bond motifs is 1. The van der Waals surface area contributed by atoms with Crippen molar-refractivity contribution < 1.29 is 9.21 Å². The quantitative estimate of drug-likeness (QED) is 0.763. The molecule has 1 heterocycles. The van der Waals surface area contributed by atoms with Crippen molar-refractivity contribution >= 4 is 28.5 Å². The largest absolute Gasteiger partial charge is 0.451 e. The van der Waals surface area contributed by atoms with Crippen molar-refractivity contribution in [3.63, 3.8) is 0 Å². The van der Waals surface area contributed by atoms with E-state index >= 15 is 0 Å². The standard InChI is InChI=1S/C18H16ClNO2/c1-12(13-5-3-2-4-6-13)11-20-18(21)17-10-14-9-15(19)7-8-16(14)22-17/h2-10,12H,11H2,1H3,(H,20,21). The van der Waals surface area contributed by atoms with Gasteiger partial charge in [0.05, 0.1) is 0 Å². The van der Waals surface area contributed by atoms with Crippen LogP contribution in [0.4, 0.5) is 0 Å². The van der Waals surface area contributed by atoms with Gasteiger partial charge in [0.25, 0.3) is 5.91 Å². The number of furan rings is 1. The van der Waals surface area contributed by atoms with Gasteiger partial charge in [0.15, 0.2) is 5.76 Å². The summed E-state index contributed by atoms with van der Waals surface area (Å²) >= 11 is 5.94. The summed E-state index contributed by atoms with van der Waals surface area (Å²) in [5.74, 6) is 0.330. The first kappa shape index (κ1) is 14.7. The lowest BCUT2D eigenvalue weighted by Gasteiger charge is -2.12. The summed E-state index contributed by atoms with van der Waals surface area (Å²) in [5.41, 5.74) is 1.85. The molecule has 3 nitrogen and oxygen atoms in total. The molecule has 0 spiro atoms. The highest BCUT2D eigenvalue weighted by atomic mass is 35.5. The van der Waals surface area contributed by atoms with Crippen LogP contribution in [0.15, 0.2) is 59.0 Å². The Bertz CT molecular complexity index is 795. The Hall–Kier alpha value is -2.26. The fourth-order valence-corrected chi connectivity index (χ4v) is 2.54. The summed E-state index contributed by atoms with van der Waals surface area (Å²) in [7, 11) is 0. The van der Waals surface area contributed by atoms with Crippen LogP contribution in [0.3, 0.4) is 0 Å². The normalized spacial score (nSPS) is 12.3. The third-order valence-corrected chi connectivity index (χ3v) is 3.87. The number of amides is 1. The summed E-state index contributed by atoms with van der Waals surface area (Å²) in [6.45, 7) is 2.63. The minimum absolute atomic E-state index is 0.213. The van der Waals surface area contributed by atoms with E-state index < -0.39 is 0 Å². The lowest BCUT2D eigenvalue weighted by atomic mass is 10.0. The number of nitrogens with one attached hydrogen (secondary N) is 1. The minimum atomic E-state index is -0.213. The predicted octanol–water partition coefficient (Wildman–Crippen LogP) is 4.62. The molecule has 0 saturated heterocycles. The molecule has 1 N–H and O–H groups in total. The second kappa shape index (κ2) is 6.24. The molecule has 2 aromatic carbocycles. The number of rotatable bonds is 4. The Kier molecular flexibility index (Phi) is 4.16. The van der Waals surface area contributed by atoms with E-state index in [9.17, 15) is 4.79 Å². The van der Waals surface area contributed by atoms with Crippen molar-refractivity contribution in [2.45, 2.75) is 12.8 Å². The number of carbonyl (C=O) groups is 1. The monoisotopic (exact) mass is 313 g/mol. The van der Waals surface area contributed by atoms with Gasteiger partial charge < -0.3 is 9.73 Å². The van der Waals surface area contributed by atoms with Gasteiger partial charge in [-0.3, -0.25) is 4.79 Å². The average Bonchev–Trinajstić information content (AvgIpc) is 2.96. The van der Waals surface area contributed by atoms with E-state index in [0.29, 0.717) is 22.9 Å². The van der Waals surface area contributed by atoms with E-state index in [-0.39, 0.29) is 11.8 Å². The number of hydrogen-bond acceptors (Lipinski definition) is 2. The molecule has 22 heavy (non-hydrogen) atoms. The summed E-state index contributed by atoms with van der Waals surface area (Å²) in [4.78, 5) is 12.2. The van der Waals surface area contributed by atoms with Crippen molar-refractivity contribution in [3.8, 4) is 0 Å². The third kappa shape index (κ3) is 3.15. The van der Waals surface area contributed by atoms with E-state index in [0.717, 1.165) is 5.39 Å². The molecule has 0 aliphatic heterocycles. The van der Waals surface area contributed by atoms with Gasteiger partial charge in [0.2, 0.25) is 0 Å². The molecule has 0 fully saturated rings.